The highest BCUT2D eigenvalue weighted by molar-refractivity contribution is 9.10. The molecule has 0 radical (unpaired) electrons. The minimum absolute atomic E-state index is 0.215. The average Bonchev–Trinajstić information content (AvgIpc) is 2.46. The summed E-state index contributed by atoms with van der Waals surface area (Å²) in [5.41, 5.74) is 6.76. The number of carbonyl (C=O) groups is 1. The van der Waals surface area contributed by atoms with Crippen LogP contribution in [0.25, 0.3) is 0 Å². The Kier molecular flexibility index (Phi) is 7.82. The normalized spacial score (nSPS) is 11.6. The van der Waals surface area contributed by atoms with Crippen molar-refractivity contribution in [3.63, 3.8) is 0 Å². The van der Waals surface area contributed by atoms with Gasteiger partial charge >= 0.3 is 0 Å². The number of hydrogen-bond donors (Lipinski definition) is 1. The zero-order valence-corrected chi connectivity index (χ0v) is 15.2. The van der Waals surface area contributed by atoms with Gasteiger partial charge in [-0.3, -0.25) is 4.79 Å². The van der Waals surface area contributed by atoms with E-state index in [4.69, 9.17) is 0 Å². The lowest BCUT2D eigenvalue weighted by atomic mass is 10.1. The predicted molar refractivity (Wildman–Crippen MR) is 97.3 cm³/mol. The number of hydrogen-bond acceptors (Lipinski definition) is 2. The van der Waals surface area contributed by atoms with E-state index >= 15 is 0 Å². The number of allylic oxidation sites excluding steroid dienone is 4. The molecule has 0 spiro atoms. The Morgan fingerprint density at radius 2 is 2.05 bits per heavy atom. The van der Waals surface area contributed by atoms with Crippen molar-refractivity contribution in [1.29, 1.82) is 0 Å². The number of halogens is 1. The first kappa shape index (κ1) is 18.4. The van der Waals surface area contributed by atoms with Crippen LogP contribution in [0.15, 0.2) is 51.1 Å². The number of aryl methyl sites for hydroxylation is 1. The van der Waals surface area contributed by atoms with Crippen LogP contribution < -0.4 is 5.43 Å². The lowest BCUT2D eigenvalue weighted by Gasteiger charge is -2.02. The predicted octanol–water partition coefficient (Wildman–Crippen LogP) is 5.17. The van der Waals surface area contributed by atoms with E-state index in [9.17, 15) is 4.79 Å². The number of amides is 1. The van der Waals surface area contributed by atoms with E-state index in [0.717, 1.165) is 22.9 Å². The molecule has 0 bridgehead atoms. The molecule has 1 N–H and O–H groups in total. The van der Waals surface area contributed by atoms with E-state index in [2.05, 4.69) is 53.3 Å². The van der Waals surface area contributed by atoms with E-state index in [0.29, 0.717) is 5.56 Å². The van der Waals surface area contributed by atoms with Crippen LogP contribution in [0.3, 0.4) is 0 Å². The highest BCUT2D eigenvalue weighted by Crippen LogP contribution is 2.17. The molecule has 0 aliphatic heterocycles. The van der Waals surface area contributed by atoms with Crippen molar-refractivity contribution in [3.05, 3.63) is 57.1 Å². The van der Waals surface area contributed by atoms with Crippen LogP contribution in [-0.2, 0) is 0 Å². The zero-order chi connectivity index (χ0) is 16.5. The molecular weight excluding hydrogens is 340 g/mol. The van der Waals surface area contributed by atoms with Gasteiger partial charge in [0, 0.05) is 16.3 Å². The molecule has 0 unspecified atom stereocenters. The zero-order valence-electron chi connectivity index (χ0n) is 13.6. The Bertz CT molecular complexity index is 612. The molecule has 3 nitrogen and oxygen atoms in total. The van der Waals surface area contributed by atoms with Gasteiger partial charge in [0.15, 0.2) is 0 Å². The summed E-state index contributed by atoms with van der Waals surface area (Å²) in [6.45, 7) is 8.23. The largest absolute Gasteiger partial charge is 0.271 e. The number of carbonyl (C=O) groups excluding carboxylic acids is 1. The minimum Gasteiger partial charge on any atom is -0.267 e. The van der Waals surface area contributed by atoms with Gasteiger partial charge in [-0.25, -0.2) is 5.43 Å². The second-order valence-corrected chi connectivity index (χ2v) is 6.37. The Hall–Kier alpha value is -1.68. The Balaban J connectivity index is 2.49. The second-order valence-electron chi connectivity index (χ2n) is 5.52. The van der Waals surface area contributed by atoms with E-state index in [1.807, 2.05) is 19.1 Å². The third-order valence-corrected chi connectivity index (χ3v) is 3.98. The average molecular weight is 363 g/mol. The van der Waals surface area contributed by atoms with Gasteiger partial charge in [0.1, 0.15) is 0 Å². The van der Waals surface area contributed by atoms with Gasteiger partial charge in [0.05, 0.1) is 0 Å². The summed E-state index contributed by atoms with van der Waals surface area (Å²) in [5, 5.41) is 3.95. The van der Waals surface area contributed by atoms with Crippen LogP contribution in [0.5, 0.6) is 0 Å². The molecule has 1 aromatic carbocycles. The standard InChI is InChI=1S/C18H23BrN2O/c1-13(2)6-5-7-14(3)10-11-20-21-18(22)16-9-8-15(4)17(19)12-16/h6,8-12H,5,7H2,1-4H3,(H,21,22)/b14-10+,20-11+. The lowest BCUT2D eigenvalue weighted by molar-refractivity contribution is 0.0955. The fraction of sp³-hybridized carbons (Fsp3) is 0.333. The van der Waals surface area contributed by atoms with Crippen LogP contribution in [0.1, 0.15) is 49.5 Å². The second kappa shape index (κ2) is 9.36. The van der Waals surface area contributed by atoms with Gasteiger partial charge in [-0.15, -0.1) is 0 Å². The number of rotatable bonds is 6. The number of benzene rings is 1. The quantitative estimate of drug-likeness (QED) is 0.423. The molecule has 1 aromatic rings. The number of hydrazone groups is 1. The first-order valence-corrected chi connectivity index (χ1v) is 8.08. The van der Waals surface area contributed by atoms with Crippen molar-refractivity contribution in [2.75, 3.05) is 0 Å². The monoisotopic (exact) mass is 362 g/mol. The molecule has 0 aliphatic carbocycles. The maximum atomic E-state index is 11.9. The molecule has 0 heterocycles. The molecule has 1 rings (SSSR count). The molecule has 0 atom stereocenters. The van der Waals surface area contributed by atoms with Gasteiger partial charge in [0.2, 0.25) is 0 Å². The Morgan fingerprint density at radius 3 is 2.68 bits per heavy atom. The Morgan fingerprint density at radius 1 is 1.32 bits per heavy atom. The van der Waals surface area contributed by atoms with Gasteiger partial charge in [-0.2, -0.15) is 5.10 Å². The van der Waals surface area contributed by atoms with Gasteiger partial charge in [-0.05, 0) is 64.3 Å². The molecule has 118 valence electrons. The summed E-state index contributed by atoms with van der Waals surface area (Å²) in [6.07, 6.45) is 7.78. The van der Waals surface area contributed by atoms with Gasteiger partial charge < -0.3 is 0 Å². The SMILES string of the molecule is CC(C)=CCC/C(C)=C/C=N/NC(=O)c1ccc(C)c(Br)c1. The highest BCUT2D eigenvalue weighted by Gasteiger charge is 2.05. The van der Waals surface area contributed by atoms with Crippen LogP contribution in [-0.4, -0.2) is 12.1 Å². The van der Waals surface area contributed by atoms with Crippen molar-refractivity contribution in [2.24, 2.45) is 5.10 Å². The van der Waals surface area contributed by atoms with Crippen LogP contribution in [0, 0.1) is 6.92 Å². The Labute approximate surface area is 141 Å². The van der Waals surface area contributed by atoms with Crippen molar-refractivity contribution >= 4 is 28.1 Å². The summed E-state index contributed by atoms with van der Waals surface area (Å²) in [7, 11) is 0. The third kappa shape index (κ3) is 6.85. The lowest BCUT2D eigenvalue weighted by Crippen LogP contribution is -2.17. The van der Waals surface area contributed by atoms with Crippen LogP contribution >= 0.6 is 15.9 Å². The van der Waals surface area contributed by atoms with E-state index in [1.54, 1.807) is 18.3 Å². The summed E-state index contributed by atoms with van der Waals surface area (Å²) < 4.78 is 0.916. The smallest absolute Gasteiger partial charge is 0.267 e. The topological polar surface area (TPSA) is 41.5 Å². The van der Waals surface area contributed by atoms with Crippen molar-refractivity contribution in [2.45, 2.75) is 40.5 Å². The van der Waals surface area contributed by atoms with Gasteiger partial charge in [0.25, 0.3) is 5.91 Å². The van der Waals surface area contributed by atoms with Crippen molar-refractivity contribution in [1.82, 2.24) is 5.43 Å². The summed E-state index contributed by atoms with van der Waals surface area (Å²) in [5.74, 6) is -0.215. The first-order valence-electron chi connectivity index (χ1n) is 7.29. The third-order valence-electron chi connectivity index (χ3n) is 3.12. The first-order chi connectivity index (χ1) is 10.4. The number of nitrogens with zero attached hydrogens (tertiary/aromatic N) is 1. The summed E-state index contributed by atoms with van der Waals surface area (Å²) >= 11 is 3.42. The maximum Gasteiger partial charge on any atom is 0.271 e. The molecule has 22 heavy (non-hydrogen) atoms. The molecule has 0 aliphatic rings. The number of nitrogens with one attached hydrogen (secondary N) is 1. The van der Waals surface area contributed by atoms with Crippen molar-refractivity contribution < 1.29 is 4.79 Å². The summed E-state index contributed by atoms with van der Waals surface area (Å²) in [6, 6.07) is 5.47. The van der Waals surface area contributed by atoms with E-state index in [-0.39, 0.29) is 5.91 Å². The van der Waals surface area contributed by atoms with E-state index in [1.165, 1.54) is 11.1 Å². The van der Waals surface area contributed by atoms with Crippen molar-refractivity contribution in [3.8, 4) is 0 Å². The maximum absolute atomic E-state index is 11.9. The van der Waals surface area contributed by atoms with Crippen LogP contribution in [0.4, 0.5) is 0 Å². The molecule has 1 amide bonds. The molecular formula is C18H23BrN2O. The molecule has 0 fully saturated rings. The molecule has 0 saturated carbocycles. The fourth-order valence-corrected chi connectivity index (χ4v) is 2.11. The van der Waals surface area contributed by atoms with Gasteiger partial charge in [-0.1, -0.05) is 39.2 Å². The molecule has 4 heteroatoms. The summed E-state index contributed by atoms with van der Waals surface area (Å²) in [4.78, 5) is 11.9. The highest BCUT2D eigenvalue weighted by atomic mass is 79.9. The fourth-order valence-electron chi connectivity index (χ4n) is 1.73. The molecule has 0 saturated heterocycles. The van der Waals surface area contributed by atoms with E-state index < -0.39 is 0 Å². The molecule has 0 aromatic heterocycles. The van der Waals surface area contributed by atoms with Crippen LogP contribution in [0.2, 0.25) is 0 Å². The minimum atomic E-state index is -0.215.